The molecule has 24 heavy (non-hydrogen) atoms. The van der Waals surface area contributed by atoms with Gasteiger partial charge in [-0.25, -0.2) is 0 Å². The number of fused-ring (bicyclic) bond motifs is 1. The molecule has 2 aromatic rings. The van der Waals surface area contributed by atoms with Crippen molar-refractivity contribution in [2.45, 2.75) is 12.2 Å². The van der Waals surface area contributed by atoms with Gasteiger partial charge in [0, 0.05) is 12.2 Å². The van der Waals surface area contributed by atoms with Gasteiger partial charge in [0.15, 0.2) is 0 Å². The van der Waals surface area contributed by atoms with Crippen LogP contribution in [0.1, 0.15) is 0 Å². The number of nitrogens with two attached hydrogens (primary N) is 1. The first-order valence-corrected chi connectivity index (χ1v) is 7.42. The van der Waals surface area contributed by atoms with Crippen molar-refractivity contribution in [1.82, 2.24) is 0 Å². The number of anilines is 3. The summed E-state index contributed by atoms with van der Waals surface area (Å²) in [6.45, 7) is -1.26. The molecule has 2 N–H and O–H groups in total. The van der Waals surface area contributed by atoms with Gasteiger partial charge in [-0.15, -0.1) is 0 Å². The molecule has 4 nitrogen and oxygen atoms in total. The lowest BCUT2D eigenvalue weighted by molar-refractivity contribution is -0.132. The minimum absolute atomic E-state index is 0.105. The summed E-state index contributed by atoms with van der Waals surface area (Å²) < 4.78 is 38.8. The highest BCUT2D eigenvalue weighted by Crippen LogP contribution is 2.38. The number of hydrogen-bond acceptors (Lipinski definition) is 3. The zero-order valence-electron chi connectivity index (χ0n) is 12.7. The number of benzene rings is 2. The fraction of sp³-hybridized carbons (Fsp3) is 0.235. The van der Waals surface area contributed by atoms with Gasteiger partial charge in [-0.1, -0.05) is 30.3 Å². The summed E-state index contributed by atoms with van der Waals surface area (Å²) in [6, 6.07) is 14.6. The van der Waals surface area contributed by atoms with Gasteiger partial charge in [-0.05, 0) is 24.3 Å². The minimum atomic E-state index is -4.51. The Kier molecular flexibility index (Phi) is 4.19. The maximum Gasteiger partial charge on any atom is 0.406 e. The van der Waals surface area contributed by atoms with E-state index in [4.69, 9.17) is 5.73 Å². The Morgan fingerprint density at radius 2 is 1.58 bits per heavy atom. The van der Waals surface area contributed by atoms with Crippen LogP contribution >= 0.6 is 0 Å². The van der Waals surface area contributed by atoms with Crippen LogP contribution in [0, 0.1) is 0 Å². The maximum absolute atomic E-state index is 12.9. The highest BCUT2D eigenvalue weighted by Gasteiger charge is 2.39. The topological polar surface area (TPSA) is 49.6 Å². The molecule has 2 aromatic carbocycles. The Morgan fingerprint density at radius 3 is 2.21 bits per heavy atom. The van der Waals surface area contributed by atoms with E-state index in [1.807, 2.05) is 30.3 Å². The molecule has 0 radical (unpaired) electrons. The molecule has 0 saturated carbocycles. The SMILES string of the molecule is NC1CN(c2ccccc2)c2ccccc2N(CC(F)(F)F)C1=O. The predicted octanol–water partition coefficient (Wildman–Crippen LogP) is 3.06. The average molecular weight is 335 g/mol. The van der Waals surface area contributed by atoms with Crippen LogP contribution in [0.5, 0.6) is 0 Å². The number of alkyl halides is 3. The fourth-order valence-electron chi connectivity index (χ4n) is 2.81. The van der Waals surface area contributed by atoms with Gasteiger partial charge < -0.3 is 10.6 Å². The summed E-state index contributed by atoms with van der Waals surface area (Å²) in [7, 11) is 0. The largest absolute Gasteiger partial charge is 0.406 e. The molecule has 0 saturated heterocycles. The summed E-state index contributed by atoms with van der Waals surface area (Å²) in [5.74, 6) is -0.738. The smallest absolute Gasteiger partial charge is 0.338 e. The van der Waals surface area contributed by atoms with Gasteiger partial charge in [0.25, 0.3) is 0 Å². The number of rotatable bonds is 2. The number of carbonyl (C=O) groups excluding carboxylic acids is 1. The maximum atomic E-state index is 12.9. The Hall–Kier alpha value is -2.54. The second-order valence-corrected chi connectivity index (χ2v) is 5.58. The molecule has 0 bridgehead atoms. The molecule has 0 spiro atoms. The van der Waals surface area contributed by atoms with Crippen molar-refractivity contribution in [3.05, 3.63) is 54.6 Å². The van der Waals surface area contributed by atoms with Crippen molar-refractivity contribution in [2.75, 3.05) is 22.9 Å². The highest BCUT2D eigenvalue weighted by molar-refractivity contribution is 6.02. The summed E-state index contributed by atoms with van der Waals surface area (Å²) in [4.78, 5) is 14.9. The number of nitrogens with zero attached hydrogens (tertiary/aromatic N) is 2. The van der Waals surface area contributed by atoms with E-state index in [-0.39, 0.29) is 12.2 Å². The molecule has 0 aliphatic carbocycles. The molecule has 1 unspecified atom stereocenters. The number of amides is 1. The van der Waals surface area contributed by atoms with Crippen LogP contribution in [0.3, 0.4) is 0 Å². The Morgan fingerprint density at radius 1 is 1.00 bits per heavy atom. The van der Waals surface area contributed by atoms with Crippen LogP contribution in [0.4, 0.5) is 30.2 Å². The third-order valence-corrected chi connectivity index (χ3v) is 3.83. The van der Waals surface area contributed by atoms with Gasteiger partial charge in [-0.3, -0.25) is 9.69 Å². The molecule has 3 rings (SSSR count). The minimum Gasteiger partial charge on any atom is -0.338 e. The first-order chi connectivity index (χ1) is 11.4. The van der Waals surface area contributed by atoms with E-state index in [0.717, 1.165) is 10.6 Å². The van der Waals surface area contributed by atoms with Crippen molar-refractivity contribution in [3.8, 4) is 0 Å². The van der Waals surface area contributed by atoms with Crippen LogP contribution < -0.4 is 15.5 Å². The van der Waals surface area contributed by atoms with E-state index < -0.39 is 24.7 Å². The fourth-order valence-corrected chi connectivity index (χ4v) is 2.81. The van der Waals surface area contributed by atoms with Crippen LogP contribution in [-0.2, 0) is 4.79 Å². The predicted molar refractivity (Wildman–Crippen MR) is 86.3 cm³/mol. The first-order valence-electron chi connectivity index (χ1n) is 7.42. The monoisotopic (exact) mass is 335 g/mol. The van der Waals surface area contributed by atoms with Crippen LogP contribution in [0.15, 0.2) is 54.6 Å². The first kappa shape index (κ1) is 16.3. The molecule has 0 fully saturated rings. The summed E-state index contributed by atoms with van der Waals surface area (Å²) >= 11 is 0. The average Bonchev–Trinajstić information content (AvgIpc) is 2.65. The van der Waals surface area contributed by atoms with Crippen molar-refractivity contribution in [3.63, 3.8) is 0 Å². The van der Waals surface area contributed by atoms with Crippen molar-refractivity contribution in [2.24, 2.45) is 5.73 Å². The lowest BCUT2D eigenvalue weighted by atomic mass is 10.2. The third kappa shape index (κ3) is 3.21. The molecule has 1 aliphatic rings. The van der Waals surface area contributed by atoms with E-state index in [2.05, 4.69) is 0 Å². The van der Waals surface area contributed by atoms with Crippen molar-refractivity contribution < 1.29 is 18.0 Å². The number of hydrogen-bond donors (Lipinski definition) is 1. The van der Waals surface area contributed by atoms with E-state index in [9.17, 15) is 18.0 Å². The second-order valence-electron chi connectivity index (χ2n) is 5.58. The summed E-state index contributed by atoms with van der Waals surface area (Å²) in [5.41, 5.74) is 7.39. The molecule has 0 aromatic heterocycles. The normalized spacial score (nSPS) is 18.3. The zero-order valence-corrected chi connectivity index (χ0v) is 12.7. The van der Waals surface area contributed by atoms with Gasteiger partial charge in [0.1, 0.15) is 12.6 Å². The van der Waals surface area contributed by atoms with Crippen molar-refractivity contribution in [1.29, 1.82) is 0 Å². The van der Waals surface area contributed by atoms with Gasteiger partial charge in [0.05, 0.1) is 11.4 Å². The van der Waals surface area contributed by atoms with Crippen LogP contribution in [0.2, 0.25) is 0 Å². The van der Waals surface area contributed by atoms with Gasteiger partial charge in [0.2, 0.25) is 5.91 Å². The summed E-state index contributed by atoms with van der Waals surface area (Å²) in [6.07, 6.45) is -4.51. The highest BCUT2D eigenvalue weighted by atomic mass is 19.4. The van der Waals surface area contributed by atoms with Crippen LogP contribution in [0.25, 0.3) is 0 Å². The molecular weight excluding hydrogens is 319 g/mol. The van der Waals surface area contributed by atoms with E-state index in [0.29, 0.717) is 5.69 Å². The molecule has 1 amide bonds. The van der Waals surface area contributed by atoms with Crippen molar-refractivity contribution >= 4 is 23.0 Å². The Bertz CT molecular complexity index is 733. The standard InChI is InChI=1S/C17H16F3N3O/c18-17(19,20)11-23-15-9-5-4-8-14(15)22(10-13(21)16(23)24)12-6-2-1-3-7-12/h1-9,13H,10-11,21H2. The number of carbonyl (C=O) groups is 1. The third-order valence-electron chi connectivity index (χ3n) is 3.83. The number of halogens is 3. The molecule has 1 atom stereocenters. The van der Waals surface area contributed by atoms with Crippen LogP contribution in [-0.4, -0.2) is 31.2 Å². The molecule has 7 heteroatoms. The molecular formula is C17H16F3N3O. The van der Waals surface area contributed by atoms with E-state index >= 15 is 0 Å². The van der Waals surface area contributed by atoms with E-state index in [1.165, 1.54) is 6.07 Å². The summed E-state index contributed by atoms with van der Waals surface area (Å²) in [5, 5.41) is 0. The Labute approximate surface area is 137 Å². The van der Waals surface area contributed by atoms with Gasteiger partial charge >= 0.3 is 6.18 Å². The van der Waals surface area contributed by atoms with Gasteiger partial charge in [-0.2, -0.15) is 13.2 Å². The number of para-hydroxylation sites is 3. The van der Waals surface area contributed by atoms with E-state index in [1.54, 1.807) is 23.1 Å². The molecule has 1 heterocycles. The Balaban J connectivity index is 2.12. The zero-order chi connectivity index (χ0) is 17.3. The molecule has 126 valence electrons. The molecule has 1 aliphatic heterocycles. The quantitative estimate of drug-likeness (QED) is 0.918. The second kappa shape index (κ2) is 6.16. The lowest BCUT2D eigenvalue weighted by Gasteiger charge is -2.27. The lowest BCUT2D eigenvalue weighted by Crippen LogP contribution is -2.49.